The highest BCUT2D eigenvalue weighted by Gasteiger charge is 2.37. The summed E-state index contributed by atoms with van der Waals surface area (Å²) in [7, 11) is 0. The molecule has 0 radical (unpaired) electrons. The summed E-state index contributed by atoms with van der Waals surface area (Å²) in [5, 5.41) is 14.3. The first-order valence-corrected chi connectivity index (χ1v) is 10.5. The van der Waals surface area contributed by atoms with Crippen LogP contribution in [0, 0.1) is 0 Å². The molecule has 4 unspecified atom stereocenters. The second kappa shape index (κ2) is 12.8. The summed E-state index contributed by atoms with van der Waals surface area (Å²) < 4.78 is 0. The smallest absolute Gasteiger partial charge is 0.326 e. The van der Waals surface area contributed by atoms with Gasteiger partial charge in [0.05, 0.1) is 6.04 Å². The number of carboxylic acid groups (broad SMARTS) is 1. The Kier molecular flexibility index (Phi) is 10.9. The molecule has 4 atom stereocenters. The zero-order valence-corrected chi connectivity index (χ0v) is 17.8. The van der Waals surface area contributed by atoms with E-state index in [0.717, 1.165) is 0 Å². The van der Waals surface area contributed by atoms with Crippen LogP contribution in [0.4, 0.5) is 0 Å². The fraction of sp³-hybridized carbons (Fsp3) is 0.737. The quantitative estimate of drug-likeness (QED) is 0.171. The first kappa shape index (κ1) is 26.3. The molecule has 1 aliphatic heterocycles. The third-order valence-electron chi connectivity index (χ3n) is 5.10. The number of hydrogen-bond donors (Lipinski definition) is 6. The number of rotatable bonds is 13. The largest absolute Gasteiger partial charge is 0.480 e. The lowest BCUT2D eigenvalue weighted by molar-refractivity contribution is -0.143. The number of carbonyl (C=O) groups is 5. The predicted octanol–water partition coefficient (Wildman–Crippen LogP) is -2.23. The molecule has 176 valence electrons. The lowest BCUT2D eigenvalue weighted by Gasteiger charge is -2.28. The number of nitrogens with two attached hydrogens (primary N) is 3. The van der Waals surface area contributed by atoms with E-state index in [-0.39, 0.29) is 25.2 Å². The Morgan fingerprint density at radius 2 is 1.77 bits per heavy atom. The molecule has 0 saturated carbocycles. The highest BCUT2D eigenvalue weighted by atomic mass is 16.4. The van der Waals surface area contributed by atoms with Crippen LogP contribution in [0.25, 0.3) is 0 Å². The van der Waals surface area contributed by atoms with Crippen molar-refractivity contribution in [1.82, 2.24) is 15.5 Å². The molecular formula is C19H34N6O6. The minimum absolute atomic E-state index is 0.101. The summed E-state index contributed by atoms with van der Waals surface area (Å²) in [5.41, 5.74) is 16.2. The minimum atomic E-state index is -1.21. The topological polar surface area (TPSA) is 211 Å². The van der Waals surface area contributed by atoms with E-state index in [1.165, 1.54) is 11.8 Å². The zero-order chi connectivity index (χ0) is 23.6. The average molecular weight is 443 g/mol. The van der Waals surface area contributed by atoms with E-state index in [1.807, 2.05) is 0 Å². The lowest BCUT2D eigenvalue weighted by atomic mass is 10.1. The van der Waals surface area contributed by atoms with Crippen LogP contribution in [0.3, 0.4) is 0 Å². The maximum Gasteiger partial charge on any atom is 0.326 e. The molecule has 31 heavy (non-hydrogen) atoms. The van der Waals surface area contributed by atoms with Gasteiger partial charge in [-0.2, -0.15) is 0 Å². The van der Waals surface area contributed by atoms with Crippen LogP contribution in [0.15, 0.2) is 0 Å². The monoisotopic (exact) mass is 442 g/mol. The Hall–Kier alpha value is -2.73. The molecule has 0 aromatic rings. The van der Waals surface area contributed by atoms with Gasteiger partial charge in [0.15, 0.2) is 0 Å². The summed E-state index contributed by atoms with van der Waals surface area (Å²) in [6, 6.07) is -3.90. The number of nitrogens with one attached hydrogen (secondary N) is 2. The van der Waals surface area contributed by atoms with Gasteiger partial charge in [0, 0.05) is 13.0 Å². The van der Waals surface area contributed by atoms with Crippen molar-refractivity contribution >= 4 is 29.6 Å². The summed E-state index contributed by atoms with van der Waals surface area (Å²) in [6.07, 6.45) is 2.01. The van der Waals surface area contributed by atoms with E-state index < -0.39 is 47.9 Å². The zero-order valence-electron chi connectivity index (χ0n) is 17.8. The number of likely N-dealkylation sites (tertiary alicyclic amines) is 1. The summed E-state index contributed by atoms with van der Waals surface area (Å²) in [4.78, 5) is 61.8. The first-order valence-electron chi connectivity index (χ1n) is 10.5. The molecule has 1 fully saturated rings. The van der Waals surface area contributed by atoms with Gasteiger partial charge in [-0.05, 0) is 52.0 Å². The van der Waals surface area contributed by atoms with Gasteiger partial charge < -0.3 is 37.8 Å². The van der Waals surface area contributed by atoms with Crippen LogP contribution in [0.1, 0.15) is 51.9 Å². The number of carboxylic acids is 1. The fourth-order valence-electron chi connectivity index (χ4n) is 3.41. The summed E-state index contributed by atoms with van der Waals surface area (Å²) in [5.74, 6) is -3.56. The number of unbranched alkanes of at least 4 members (excludes halogenated alkanes) is 1. The van der Waals surface area contributed by atoms with Crippen LogP contribution >= 0.6 is 0 Å². The molecule has 0 bridgehead atoms. The number of nitrogens with zero attached hydrogens (tertiary/aromatic N) is 1. The van der Waals surface area contributed by atoms with Crippen LogP contribution in [-0.2, 0) is 24.0 Å². The van der Waals surface area contributed by atoms with E-state index in [2.05, 4.69) is 10.6 Å². The SMILES string of the molecule is CC(N)C(=O)N1CCCC1C(=O)NC(CCC(N)=O)C(=O)NC(CCCCN)C(=O)O. The third-order valence-corrected chi connectivity index (χ3v) is 5.10. The second-order valence-electron chi connectivity index (χ2n) is 7.73. The molecule has 1 saturated heterocycles. The lowest BCUT2D eigenvalue weighted by Crippen LogP contribution is -2.56. The number of amides is 4. The number of aliphatic carboxylic acids is 1. The average Bonchev–Trinajstić information content (AvgIpc) is 3.19. The Morgan fingerprint density at radius 3 is 2.32 bits per heavy atom. The molecular weight excluding hydrogens is 408 g/mol. The minimum Gasteiger partial charge on any atom is -0.480 e. The van der Waals surface area contributed by atoms with E-state index in [0.29, 0.717) is 38.8 Å². The standard InChI is InChI=1S/C19H34N6O6/c1-11(21)18(29)25-10-4-6-14(25)17(28)23-12(7-8-15(22)26)16(27)24-13(19(30)31)5-2-3-9-20/h11-14H,2-10,20-21H2,1H3,(H2,22,26)(H,23,28)(H,24,27)(H,30,31). The van der Waals surface area contributed by atoms with Gasteiger partial charge in [-0.3, -0.25) is 19.2 Å². The molecule has 0 spiro atoms. The van der Waals surface area contributed by atoms with Crippen LogP contribution in [0.5, 0.6) is 0 Å². The highest BCUT2D eigenvalue weighted by Crippen LogP contribution is 2.19. The Labute approximate surface area is 181 Å². The molecule has 12 heteroatoms. The highest BCUT2D eigenvalue weighted by molar-refractivity contribution is 5.94. The Bertz CT molecular complexity index is 670. The summed E-state index contributed by atoms with van der Waals surface area (Å²) in [6.45, 7) is 2.30. The molecule has 4 amide bonds. The van der Waals surface area contributed by atoms with Crippen molar-refractivity contribution < 1.29 is 29.1 Å². The van der Waals surface area contributed by atoms with Gasteiger partial charge in [-0.15, -0.1) is 0 Å². The van der Waals surface area contributed by atoms with Gasteiger partial charge in [0.25, 0.3) is 0 Å². The van der Waals surface area contributed by atoms with Crippen LogP contribution in [-0.4, -0.2) is 76.9 Å². The Balaban J connectivity index is 2.88. The van der Waals surface area contributed by atoms with Crippen molar-refractivity contribution in [3.8, 4) is 0 Å². The van der Waals surface area contributed by atoms with Crippen molar-refractivity contribution in [1.29, 1.82) is 0 Å². The molecule has 9 N–H and O–H groups in total. The van der Waals surface area contributed by atoms with Gasteiger partial charge in [0.2, 0.25) is 23.6 Å². The van der Waals surface area contributed by atoms with Crippen molar-refractivity contribution in [2.24, 2.45) is 17.2 Å². The first-order chi connectivity index (χ1) is 14.6. The molecule has 1 heterocycles. The second-order valence-corrected chi connectivity index (χ2v) is 7.73. The van der Waals surface area contributed by atoms with E-state index >= 15 is 0 Å². The molecule has 1 rings (SSSR count). The maximum absolute atomic E-state index is 12.8. The maximum atomic E-state index is 12.8. The van der Waals surface area contributed by atoms with Crippen molar-refractivity contribution in [3.05, 3.63) is 0 Å². The molecule has 0 aromatic carbocycles. The summed E-state index contributed by atoms with van der Waals surface area (Å²) >= 11 is 0. The number of hydrogen-bond acceptors (Lipinski definition) is 7. The predicted molar refractivity (Wildman–Crippen MR) is 111 cm³/mol. The molecule has 0 aromatic heterocycles. The fourth-order valence-corrected chi connectivity index (χ4v) is 3.41. The van der Waals surface area contributed by atoms with Crippen molar-refractivity contribution in [2.75, 3.05) is 13.1 Å². The molecule has 1 aliphatic rings. The number of primary amides is 1. The van der Waals surface area contributed by atoms with E-state index in [9.17, 15) is 29.1 Å². The van der Waals surface area contributed by atoms with Gasteiger partial charge in [-0.25, -0.2) is 4.79 Å². The van der Waals surface area contributed by atoms with Crippen LogP contribution in [0.2, 0.25) is 0 Å². The van der Waals surface area contributed by atoms with Gasteiger partial charge in [0.1, 0.15) is 18.1 Å². The van der Waals surface area contributed by atoms with Crippen LogP contribution < -0.4 is 27.8 Å². The molecule has 12 nitrogen and oxygen atoms in total. The number of carbonyl (C=O) groups excluding carboxylic acids is 4. The van der Waals surface area contributed by atoms with E-state index in [4.69, 9.17) is 17.2 Å². The molecule has 0 aliphatic carbocycles. The van der Waals surface area contributed by atoms with E-state index in [1.54, 1.807) is 0 Å². The van der Waals surface area contributed by atoms with Gasteiger partial charge >= 0.3 is 5.97 Å². The third kappa shape index (κ3) is 8.50. The van der Waals surface area contributed by atoms with Crippen molar-refractivity contribution in [2.45, 2.75) is 76.0 Å². The Morgan fingerprint density at radius 1 is 1.10 bits per heavy atom. The van der Waals surface area contributed by atoms with Crippen molar-refractivity contribution in [3.63, 3.8) is 0 Å². The van der Waals surface area contributed by atoms with Gasteiger partial charge in [-0.1, -0.05) is 0 Å². The normalized spacial score (nSPS) is 18.7.